The molecule has 0 bridgehead atoms. The molecule has 1 heterocycles. The largest absolute Gasteiger partial charge is 0.381 e. The Morgan fingerprint density at radius 2 is 2.05 bits per heavy atom. The molecule has 1 fully saturated rings. The molecule has 20 heavy (non-hydrogen) atoms. The fraction of sp³-hybridized carbons (Fsp3) is 0.769. The Kier molecular flexibility index (Phi) is 4.70. The lowest BCUT2D eigenvalue weighted by molar-refractivity contribution is 0.480. The second kappa shape index (κ2) is 6.13. The number of hydrogen-bond donors (Lipinski definition) is 2. The monoisotopic (exact) mass is 300 g/mol. The molecule has 114 valence electrons. The van der Waals surface area contributed by atoms with Gasteiger partial charge in [0.1, 0.15) is 4.90 Å². The van der Waals surface area contributed by atoms with Gasteiger partial charge in [0.2, 0.25) is 10.0 Å². The molecular weight excluding hydrogens is 276 g/mol. The maximum atomic E-state index is 12.2. The molecule has 0 aliphatic heterocycles. The Morgan fingerprint density at radius 1 is 1.40 bits per heavy atom. The molecule has 0 saturated heterocycles. The van der Waals surface area contributed by atoms with Crippen LogP contribution in [0.3, 0.4) is 0 Å². The van der Waals surface area contributed by atoms with Crippen molar-refractivity contribution >= 4 is 15.8 Å². The number of nitrogen functional groups attached to an aromatic ring is 1. The van der Waals surface area contributed by atoms with Gasteiger partial charge in [-0.3, -0.25) is 4.68 Å². The first-order valence-electron chi connectivity index (χ1n) is 7.20. The zero-order valence-corrected chi connectivity index (χ0v) is 13.0. The highest BCUT2D eigenvalue weighted by atomic mass is 32.2. The fourth-order valence-electron chi connectivity index (χ4n) is 2.91. The van der Waals surface area contributed by atoms with Crippen LogP contribution in [0.4, 0.5) is 5.82 Å². The van der Waals surface area contributed by atoms with Gasteiger partial charge in [0.25, 0.3) is 0 Å². The summed E-state index contributed by atoms with van der Waals surface area (Å²) in [5.41, 5.74) is 6.24. The van der Waals surface area contributed by atoms with Gasteiger partial charge in [-0.2, -0.15) is 5.10 Å². The molecule has 0 aromatic carbocycles. The van der Waals surface area contributed by atoms with Crippen molar-refractivity contribution in [3.05, 3.63) is 5.69 Å². The second-order valence-corrected chi connectivity index (χ2v) is 7.32. The molecular formula is C13H24N4O2S. The first kappa shape index (κ1) is 15.3. The van der Waals surface area contributed by atoms with E-state index in [0.717, 1.165) is 18.8 Å². The van der Waals surface area contributed by atoms with Gasteiger partial charge in [-0.25, -0.2) is 13.1 Å². The summed E-state index contributed by atoms with van der Waals surface area (Å²) in [5.74, 6) is 0.845. The van der Waals surface area contributed by atoms with Crippen LogP contribution in [0, 0.1) is 12.8 Å². The van der Waals surface area contributed by atoms with Crippen LogP contribution in [0.2, 0.25) is 0 Å². The third kappa shape index (κ3) is 3.32. The first-order chi connectivity index (χ1) is 9.42. The Balaban J connectivity index is 1.90. The number of sulfonamides is 1. The highest BCUT2D eigenvalue weighted by molar-refractivity contribution is 7.89. The van der Waals surface area contributed by atoms with Crippen LogP contribution in [0.5, 0.6) is 0 Å². The maximum absolute atomic E-state index is 12.2. The van der Waals surface area contributed by atoms with E-state index < -0.39 is 10.0 Å². The van der Waals surface area contributed by atoms with Crippen molar-refractivity contribution in [1.82, 2.24) is 14.5 Å². The van der Waals surface area contributed by atoms with Crippen LogP contribution in [-0.4, -0.2) is 24.7 Å². The van der Waals surface area contributed by atoms with Gasteiger partial charge in [-0.05, 0) is 25.7 Å². The normalized spacial score (nSPS) is 16.9. The van der Waals surface area contributed by atoms with Crippen molar-refractivity contribution in [2.75, 3.05) is 12.3 Å². The van der Waals surface area contributed by atoms with Crippen molar-refractivity contribution in [3.8, 4) is 0 Å². The molecule has 6 nitrogen and oxygen atoms in total. The van der Waals surface area contributed by atoms with Gasteiger partial charge >= 0.3 is 0 Å². The molecule has 1 aromatic heterocycles. The molecule has 1 saturated carbocycles. The van der Waals surface area contributed by atoms with Gasteiger partial charge in [-0.1, -0.05) is 25.7 Å². The van der Waals surface area contributed by atoms with Crippen LogP contribution < -0.4 is 10.5 Å². The summed E-state index contributed by atoms with van der Waals surface area (Å²) in [6.45, 7) is 2.17. The van der Waals surface area contributed by atoms with Crippen molar-refractivity contribution in [2.45, 2.75) is 50.3 Å². The van der Waals surface area contributed by atoms with Gasteiger partial charge in [0, 0.05) is 13.6 Å². The van der Waals surface area contributed by atoms with E-state index in [1.807, 2.05) is 0 Å². The highest BCUT2D eigenvalue weighted by Crippen LogP contribution is 2.28. The van der Waals surface area contributed by atoms with E-state index in [-0.39, 0.29) is 10.7 Å². The molecule has 0 spiro atoms. The lowest BCUT2D eigenvalue weighted by Gasteiger charge is -2.10. The number of hydrogen-bond acceptors (Lipinski definition) is 4. The minimum atomic E-state index is -3.55. The van der Waals surface area contributed by atoms with Crippen molar-refractivity contribution in [1.29, 1.82) is 0 Å². The Morgan fingerprint density at radius 3 is 2.60 bits per heavy atom. The molecule has 7 heteroatoms. The third-order valence-electron chi connectivity index (χ3n) is 4.13. The third-order valence-corrected chi connectivity index (χ3v) is 5.76. The zero-order chi connectivity index (χ0) is 14.8. The van der Waals surface area contributed by atoms with Crippen molar-refractivity contribution < 1.29 is 8.42 Å². The molecule has 0 unspecified atom stereocenters. The quantitative estimate of drug-likeness (QED) is 0.780. The van der Waals surface area contributed by atoms with Crippen molar-refractivity contribution in [2.24, 2.45) is 13.0 Å². The standard InChI is InChI=1S/C13H24N4O2S/c1-10-12(13(14)16-17(10)2)20(18,19)15-9-5-8-11-6-3-4-7-11/h11,15H,3-9H2,1-2H3,(H2,14,16). The van der Waals surface area contributed by atoms with E-state index >= 15 is 0 Å². The van der Waals surface area contributed by atoms with E-state index in [4.69, 9.17) is 5.73 Å². The lowest BCUT2D eigenvalue weighted by Crippen LogP contribution is -2.26. The van der Waals surface area contributed by atoms with E-state index in [1.54, 1.807) is 14.0 Å². The van der Waals surface area contributed by atoms with E-state index in [1.165, 1.54) is 30.4 Å². The number of nitrogens with one attached hydrogen (secondary N) is 1. The predicted octanol–water partition coefficient (Wildman–Crippen LogP) is 1.56. The van der Waals surface area contributed by atoms with Crippen molar-refractivity contribution in [3.63, 3.8) is 0 Å². The van der Waals surface area contributed by atoms with E-state index in [0.29, 0.717) is 12.2 Å². The molecule has 1 aliphatic rings. The van der Waals surface area contributed by atoms with Crippen LogP contribution in [0.15, 0.2) is 4.90 Å². The smallest absolute Gasteiger partial charge is 0.246 e. The van der Waals surface area contributed by atoms with Gasteiger partial charge in [-0.15, -0.1) is 0 Å². The lowest BCUT2D eigenvalue weighted by atomic mass is 10.0. The Hall–Kier alpha value is -1.08. The number of nitrogens with two attached hydrogens (primary N) is 1. The Labute approximate surface area is 120 Å². The summed E-state index contributed by atoms with van der Waals surface area (Å²) in [6, 6.07) is 0. The summed E-state index contributed by atoms with van der Waals surface area (Å²) < 4.78 is 28.6. The molecule has 1 aromatic rings. The van der Waals surface area contributed by atoms with Gasteiger partial charge in [0.05, 0.1) is 5.69 Å². The summed E-state index contributed by atoms with van der Waals surface area (Å²) in [4.78, 5) is 0.112. The minimum absolute atomic E-state index is 0.0632. The maximum Gasteiger partial charge on any atom is 0.246 e. The zero-order valence-electron chi connectivity index (χ0n) is 12.2. The van der Waals surface area contributed by atoms with Gasteiger partial charge < -0.3 is 5.73 Å². The van der Waals surface area contributed by atoms with Crippen LogP contribution in [0.25, 0.3) is 0 Å². The molecule has 2 rings (SSSR count). The van der Waals surface area contributed by atoms with Gasteiger partial charge in [0.15, 0.2) is 5.82 Å². The first-order valence-corrected chi connectivity index (χ1v) is 8.69. The predicted molar refractivity (Wildman–Crippen MR) is 78.7 cm³/mol. The molecule has 0 amide bonds. The topological polar surface area (TPSA) is 90.0 Å². The van der Waals surface area contributed by atoms with Crippen LogP contribution in [-0.2, 0) is 17.1 Å². The number of anilines is 1. The van der Waals surface area contributed by atoms with Crippen LogP contribution >= 0.6 is 0 Å². The summed E-state index contributed by atoms with van der Waals surface area (Å²) in [6.07, 6.45) is 7.21. The number of aromatic nitrogens is 2. The van der Waals surface area contributed by atoms with E-state index in [2.05, 4.69) is 9.82 Å². The SMILES string of the molecule is Cc1c(S(=O)(=O)NCCCC2CCCC2)c(N)nn1C. The van der Waals surface area contributed by atoms with Crippen LogP contribution in [0.1, 0.15) is 44.2 Å². The Bertz CT molecular complexity index is 559. The average Bonchev–Trinajstić information content (AvgIpc) is 2.95. The molecule has 0 radical (unpaired) electrons. The highest BCUT2D eigenvalue weighted by Gasteiger charge is 2.24. The molecule has 0 atom stereocenters. The summed E-state index contributed by atoms with van der Waals surface area (Å²) in [5, 5.41) is 3.94. The van der Waals surface area contributed by atoms with E-state index in [9.17, 15) is 8.42 Å². The summed E-state index contributed by atoms with van der Waals surface area (Å²) >= 11 is 0. The second-order valence-electron chi connectivity index (χ2n) is 5.61. The minimum Gasteiger partial charge on any atom is -0.381 e. The number of aryl methyl sites for hydroxylation is 1. The molecule has 1 aliphatic carbocycles. The average molecular weight is 300 g/mol. The fourth-order valence-corrected chi connectivity index (χ4v) is 4.31. The number of rotatable bonds is 6. The summed E-state index contributed by atoms with van der Waals surface area (Å²) in [7, 11) is -1.87. The number of nitrogens with zero attached hydrogens (tertiary/aromatic N) is 2. The molecule has 3 N–H and O–H groups in total.